The fraction of sp³-hybridized carbons (Fsp3) is 0.409. The molecule has 2 aromatic rings. The summed E-state index contributed by atoms with van der Waals surface area (Å²) >= 11 is 0. The van der Waals surface area contributed by atoms with E-state index in [9.17, 15) is 13.2 Å². The van der Waals surface area contributed by atoms with Crippen molar-refractivity contribution >= 4 is 21.6 Å². The molecule has 32 heavy (non-hydrogen) atoms. The lowest BCUT2D eigenvalue weighted by molar-refractivity contribution is -0.120. The van der Waals surface area contributed by atoms with Crippen molar-refractivity contribution in [2.45, 2.75) is 17.7 Å². The standard InChI is InChI=1S/C22H26N2O7S/c1-28-17-6-8-19(29-2)21(13-17)32(26,27)24-9-3-4-15(14-24)22(25)23-16-5-7-18-20(12-16)31-11-10-30-18/h5-8,12-13,15H,3-4,9-11,14H2,1-2H3,(H,23,25)/t15-/m1/s1. The minimum absolute atomic E-state index is 0.0206. The predicted molar refractivity (Wildman–Crippen MR) is 117 cm³/mol. The molecule has 2 aromatic carbocycles. The van der Waals surface area contributed by atoms with Gasteiger partial charge in [-0.2, -0.15) is 4.31 Å². The van der Waals surface area contributed by atoms with Gasteiger partial charge in [-0.15, -0.1) is 0 Å². The number of carbonyl (C=O) groups excluding carboxylic acids is 1. The number of ether oxygens (including phenoxy) is 4. The molecule has 1 N–H and O–H groups in total. The lowest BCUT2D eigenvalue weighted by atomic mass is 9.98. The molecule has 2 aliphatic heterocycles. The van der Waals surface area contributed by atoms with Crippen LogP contribution in [0.2, 0.25) is 0 Å². The molecular weight excluding hydrogens is 436 g/mol. The molecular formula is C22H26N2O7S. The van der Waals surface area contributed by atoms with Crippen molar-refractivity contribution in [1.29, 1.82) is 0 Å². The molecule has 0 unspecified atom stereocenters. The minimum Gasteiger partial charge on any atom is -0.497 e. The van der Waals surface area contributed by atoms with Gasteiger partial charge in [0, 0.05) is 30.9 Å². The molecule has 2 aliphatic rings. The molecule has 1 amide bonds. The lowest BCUT2D eigenvalue weighted by Crippen LogP contribution is -2.43. The number of sulfonamides is 1. The Labute approximate surface area is 187 Å². The molecule has 4 rings (SSSR count). The van der Waals surface area contributed by atoms with E-state index >= 15 is 0 Å². The SMILES string of the molecule is COc1ccc(OC)c(S(=O)(=O)N2CCC[C@@H](C(=O)Nc3ccc4c(c3)OCCO4)C2)c1. The Bertz CT molecular complexity index is 1100. The molecule has 1 fully saturated rings. The lowest BCUT2D eigenvalue weighted by Gasteiger charge is -2.31. The second kappa shape index (κ2) is 9.25. The van der Waals surface area contributed by atoms with E-state index in [0.29, 0.717) is 55.5 Å². The molecule has 2 heterocycles. The van der Waals surface area contributed by atoms with Crippen LogP contribution in [-0.4, -0.2) is 59.2 Å². The number of fused-ring (bicyclic) bond motifs is 1. The third-order valence-corrected chi connectivity index (χ3v) is 7.44. The average molecular weight is 463 g/mol. The van der Waals surface area contributed by atoms with E-state index in [1.165, 1.54) is 24.6 Å². The Kier molecular flexibility index (Phi) is 6.43. The van der Waals surface area contributed by atoms with E-state index in [4.69, 9.17) is 18.9 Å². The number of nitrogens with one attached hydrogen (secondary N) is 1. The Morgan fingerprint density at radius 2 is 1.84 bits per heavy atom. The van der Waals surface area contributed by atoms with Gasteiger partial charge >= 0.3 is 0 Å². The summed E-state index contributed by atoms with van der Waals surface area (Å²) < 4.78 is 49.5. The molecule has 1 saturated heterocycles. The first-order chi connectivity index (χ1) is 15.4. The van der Waals surface area contributed by atoms with Gasteiger partial charge in [-0.05, 0) is 37.1 Å². The van der Waals surface area contributed by atoms with E-state index in [-0.39, 0.29) is 23.1 Å². The summed E-state index contributed by atoms with van der Waals surface area (Å²) in [4.78, 5) is 12.9. The normalized spacial score (nSPS) is 18.6. The number of hydrogen-bond acceptors (Lipinski definition) is 7. The highest BCUT2D eigenvalue weighted by molar-refractivity contribution is 7.89. The van der Waals surface area contributed by atoms with Crippen LogP contribution in [0.15, 0.2) is 41.3 Å². The van der Waals surface area contributed by atoms with Gasteiger partial charge in [0.25, 0.3) is 0 Å². The summed E-state index contributed by atoms with van der Waals surface area (Å²) in [5.41, 5.74) is 0.577. The van der Waals surface area contributed by atoms with E-state index in [0.717, 1.165) is 0 Å². The van der Waals surface area contributed by atoms with Crippen LogP contribution in [0.5, 0.6) is 23.0 Å². The van der Waals surface area contributed by atoms with Crippen LogP contribution in [-0.2, 0) is 14.8 Å². The van der Waals surface area contributed by atoms with E-state index in [2.05, 4.69) is 5.32 Å². The zero-order valence-electron chi connectivity index (χ0n) is 18.0. The summed E-state index contributed by atoms with van der Waals surface area (Å²) in [6, 6.07) is 9.83. The van der Waals surface area contributed by atoms with Crippen molar-refractivity contribution in [1.82, 2.24) is 4.31 Å². The van der Waals surface area contributed by atoms with Crippen LogP contribution in [0.1, 0.15) is 12.8 Å². The summed E-state index contributed by atoms with van der Waals surface area (Å²) in [6.45, 7) is 1.35. The van der Waals surface area contributed by atoms with Gasteiger partial charge in [-0.3, -0.25) is 4.79 Å². The first-order valence-corrected chi connectivity index (χ1v) is 11.8. The second-order valence-corrected chi connectivity index (χ2v) is 9.47. The molecule has 0 spiro atoms. The quantitative estimate of drug-likeness (QED) is 0.704. The molecule has 172 valence electrons. The molecule has 0 radical (unpaired) electrons. The minimum atomic E-state index is -3.88. The van der Waals surface area contributed by atoms with Crippen LogP contribution in [0, 0.1) is 5.92 Å². The van der Waals surface area contributed by atoms with Crippen LogP contribution < -0.4 is 24.3 Å². The van der Waals surface area contributed by atoms with Gasteiger partial charge in [0.2, 0.25) is 15.9 Å². The Morgan fingerprint density at radius 3 is 2.59 bits per heavy atom. The maximum Gasteiger partial charge on any atom is 0.246 e. The van der Waals surface area contributed by atoms with Crippen molar-refractivity contribution < 1.29 is 32.2 Å². The van der Waals surface area contributed by atoms with E-state index in [1.807, 2.05) is 0 Å². The maximum absolute atomic E-state index is 13.4. The number of methoxy groups -OCH3 is 2. The molecule has 0 aromatic heterocycles. The van der Waals surface area contributed by atoms with Crippen molar-refractivity contribution in [3.05, 3.63) is 36.4 Å². The van der Waals surface area contributed by atoms with Crippen molar-refractivity contribution in [3.63, 3.8) is 0 Å². The number of amides is 1. The molecule has 0 aliphatic carbocycles. The number of carbonyl (C=O) groups is 1. The molecule has 1 atom stereocenters. The highest BCUT2D eigenvalue weighted by atomic mass is 32.2. The third-order valence-electron chi connectivity index (χ3n) is 5.55. The zero-order chi connectivity index (χ0) is 22.7. The predicted octanol–water partition coefficient (Wildman–Crippen LogP) is 2.51. The molecule has 9 nitrogen and oxygen atoms in total. The van der Waals surface area contributed by atoms with Gasteiger partial charge in [0.05, 0.1) is 20.1 Å². The van der Waals surface area contributed by atoms with Gasteiger partial charge in [-0.25, -0.2) is 8.42 Å². The fourth-order valence-corrected chi connectivity index (χ4v) is 5.56. The number of piperidine rings is 1. The Balaban J connectivity index is 1.50. The molecule has 0 saturated carbocycles. The summed E-state index contributed by atoms with van der Waals surface area (Å²) in [6.07, 6.45) is 1.17. The van der Waals surface area contributed by atoms with Gasteiger partial charge in [-0.1, -0.05) is 0 Å². The number of benzene rings is 2. The van der Waals surface area contributed by atoms with Crippen LogP contribution in [0.25, 0.3) is 0 Å². The Hall–Kier alpha value is -2.98. The number of hydrogen-bond donors (Lipinski definition) is 1. The number of anilines is 1. The van der Waals surface area contributed by atoms with Crippen LogP contribution in [0.3, 0.4) is 0 Å². The summed E-state index contributed by atoms with van der Waals surface area (Å²) in [5.74, 6) is 1.13. The Morgan fingerprint density at radius 1 is 1.06 bits per heavy atom. The topological polar surface area (TPSA) is 103 Å². The summed E-state index contributed by atoms with van der Waals surface area (Å²) in [5, 5.41) is 2.87. The average Bonchev–Trinajstić information content (AvgIpc) is 2.83. The number of rotatable bonds is 6. The van der Waals surface area contributed by atoms with Crippen LogP contribution >= 0.6 is 0 Å². The van der Waals surface area contributed by atoms with E-state index < -0.39 is 15.9 Å². The van der Waals surface area contributed by atoms with Gasteiger partial charge in [0.1, 0.15) is 29.6 Å². The van der Waals surface area contributed by atoms with Crippen molar-refractivity contribution in [2.24, 2.45) is 5.92 Å². The number of nitrogens with zero attached hydrogens (tertiary/aromatic N) is 1. The second-order valence-electron chi connectivity index (χ2n) is 7.57. The molecule has 0 bridgehead atoms. The fourth-order valence-electron chi connectivity index (χ4n) is 3.86. The van der Waals surface area contributed by atoms with Crippen molar-refractivity contribution in [2.75, 3.05) is 45.8 Å². The smallest absolute Gasteiger partial charge is 0.246 e. The highest BCUT2D eigenvalue weighted by Gasteiger charge is 2.35. The first kappa shape index (κ1) is 22.2. The maximum atomic E-state index is 13.4. The van der Waals surface area contributed by atoms with Gasteiger partial charge < -0.3 is 24.3 Å². The highest BCUT2D eigenvalue weighted by Crippen LogP contribution is 2.34. The van der Waals surface area contributed by atoms with Crippen molar-refractivity contribution in [3.8, 4) is 23.0 Å². The molecule has 10 heteroatoms. The third kappa shape index (κ3) is 4.46. The monoisotopic (exact) mass is 462 g/mol. The first-order valence-electron chi connectivity index (χ1n) is 10.3. The van der Waals surface area contributed by atoms with Crippen LogP contribution in [0.4, 0.5) is 5.69 Å². The van der Waals surface area contributed by atoms with Gasteiger partial charge in [0.15, 0.2) is 11.5 Å². The largest absolute Gasteiger partial charge is 0.497 e. The zero-order valence-corrected chi connectivity index (χ0v) is 18.8. The summed E-state index contributed by atoms with van der Waals surface area (Å²) in [7, 11) is -0.990. The van der Waals surface area contributed by atoms with E-state index in [1.54, 1.807) is 30.3 Å².